The summed E-state index contributed by atoms with van der Waals surface area (Å²) < 4.78 is 32.9. The van der Waals surface area contributed by atoms with E-state index in [0.29, 0.717) is 18.2 Å². The number of sulfonamides is 1. The number of hydrogen-bond donors (Lipinski definition) is 1. The van der Waals surface area contributed by atoms with Crippen molar-refractivity contribution < 1.29 is 17.9 Å². The van der Waals surface area contributed by atoms with Crippen LogP contribution in [0.4, 0.5) is 5.69 Å². The lowest BCUT2D eigenvalue weighted by molar-refractivity contribution is -0.120. The maximum atomic E-state index is 13.0. The Bertz CT molecular complexity index is 718. The molecule has 1 amide bonds. The quantitative estimate of drug-likeness (QED) is 0.789. The molecule has 0 unspecified atom stereocenters. The van der Waals surface area contributed by atoms with Crippen LogP contribution in [0, 0.1) is 5.92 Å². The lowest BCUT2D eigenvalue weighted by atomic mass is 10.0. The number of ether oxygens (including phenoxy) is 1. The molecule has 6 nitrogen and oxygen atoms in total. The molecule has 1 aliphatic heterocycles. The Kier molecular flexibility index (Phi) is 5.99. The van der Waals surface area contributed by atoms with E-state index in [4.69, 9.17) is 4.74 Å². The lowest BCUT2D eigenvalue weighted by Gasteiger charge is -2.37. The number of amides is 1. The van der Waals surface area contributed by atoms with Crippen LogP contribution in [-0.2, 0) is 19.6 Å². The predicted octanol–water partition coefficient (Wildman–Crippen LogP) is 3.00. The molecular weight excluding hydrogens is 352 g/mol. The highest BCUT2D eigenvalue weighted by Crippen LogP contribution is 2.30. The fourth-order valence-corrected chi connectivity index (χ4v) is 5.39. The second-order valence-corrected chi connectivity index (χ2v) is 9.34. The predicted molar refractivity (Wildman–Crippen MR) is 100 cm³/mol. The summed E-state index contributed by atoms with van der Waals surface area (Å²) in [7, 11) is -3.53. The van der Waals surface area contributed by atoms with E-state index >= 15 is 0 Å². The van der Waals surface area contributed by atoms with Crippen LogP contribution in [-0.4, -0.2) is 43.9 Å². The van der Waals surface area contributed by atoms with Gasteiger partial charge < -0.3 is 10.1 Å². The summed E-state index contributed by atoms with van der Waals surface area (Å²) in [6.45, 7) is 4.59. The van der Waals surface area contributed by atoms with Crippen LogP contribution in [0.15, 0.2) is 29.2 Å². The molecule has 1 aliphatic carbocycles. The molecule has 144 valence electrons. The summed E-state index contributed by atoms with van der Waals surface area (Å²) in [6, 6.07) is 6.39. The van der Waals surface area contributed by atoms with Crippen molar-refractivity contribution in [3.8, 4) is 0 Å². The second-order valence-electron chi connectivity index (χ2n) is 7.49. The summed E-state index contributed by atoms with van der Waals surface area (Å²) in [4.78, 5) is 12.1. The molecule has 26 heavy (non-hydrogen) atoms. The number of nitrogens with one attached hydrogen (secondary N) is 1. The summed E-state index contributed by atoms with van der Waals surface area (Å²) in [5.74, 6) is 0.395. The molecule has 1 saturated carbocycles. The molecule has 1 aromatic rings. The van der Waals surface area contributed by atoms with Gasteiger partial charge in [-0.2, -0.15) is 4.31 Å². The van der Waals surface area contributed by atoms with Gasteiger partial charge in [-0.3, -0.25) is 4.79 Å². The molecule has 0 radical (unpaired) electrons. The van der Waals surface area contributed by atoms with Crippen molar-refractivity contribution in [1.82, 2.24) is 4.31 Å². The van der Waals surface area contributed by atoms with E-state index in [1.54, 1.807) is 28.6 Å². The van der Waals surface area contributed by atoms with E-state index in [-0.39, 0.29) is 29.5 Å². The SMILES string of the molecule is C[C@@H]1CCC[C@@H](C)N1S(=O)(=O)c1ccc(NC(=O)COCC2CC2)cc1. The van der Waals surface area contributed by atoms with E-state index in [9.17, 15) is 13.2 Å². The molecule has 1 heterocycles. The van der Waals surface area contributed by atoms with Crippen LogP contribution in [0.25, 0.3) is 0 Å². The van der Waals surface area contributed by atoms with Gasteiger partial charge in [0.15, 0.2) is 0 Å². The molecule has 2 fully saturated rings. The summed E-state index contributed by atoms with van der Waals surface area (Å²) >= 11 is 0. The molecule has 0 aromatic heterocycles. The maximum Gasteiger partial charge on any atom is 0.250 e. The number of anilines is 1. The molecule has 0 spiro atoms. The fourth-order valence-electron chi connectivity index (χ4n) is 3.50. The van der Waals surface area contributed by atoms with Gasteiger partial charge in [-0.25, -0.2) is 8.42 Å². The van der Waals surface area contributed by atoms with Gasteiger partial charge >= 0.3 is 0 Å². The second kappa shape index (κ2) is 8.06. The zero-order chi connectivity index (χ0) is 18.7. The standard InChI is InChI=1S/C19H28N2O4S/c1-14-4-3-5-15(2)21(14)26(23,24)18-10-8-17(9-11-18)20-19(22)13-25-12-16-6-7-16/h8-11,14-16H,3-7,12-13H2,1-2H3,(H,20,22)/t14-,15-/m1/s1. The van der Waals surface area contributed by atoms with E-state index < -0.39 is 10.0 Å². The summed E-state index contributed by atoms with van der Waals surface area (Å²) in [6.07, 6.45) is 5.21. The van der Waals surface area contributed by atoms with Gasteiger partial charge in [0.1, 0.15) is 6.61 Å². The molecule has 1 N–H and O–H groups in total. The van der Waals surface area contributed by atoms with Crippen molar-refractivity contribution in [2.45, 2.75) is 62.9 Å². The van der Waals surface area contributed by atoms with Crippen molar-refractivity contribution in [2.24, 2.45) is 5.92 Å². The average Bonchev–Trinajstić information content (AvgIpc) is 3.39. The third kappa shape index (κ3) is 4.64. The topological polar surface area (TPSA) is 75.7 Å². The summed E-state index contributed by atoms with van der Waals surface area (Å²) in [5, 5.41) is 2.74. The zero-order valence-electron chi connectivity index (χ0n) is 15.5. The first kappa shape index (κ1) is 19.3. The first-order valence-electron chi connectivity index (χ1n) is 9.39. The van der Waals surface area contributed by atoms with Gasteiger partial charge in [0.05, 0.1) is 11.5 Å². The number of benzene rings is 1. The normalized spacial score (nSPS) is 24.4. The third-order valence-electron chi connectivity index (χ3n) is 5.11. The van der Waals surface area contributed by atoms with Crippen LogP contribution in [0.5, 0.6) is 0 Å². The molecular formula is C19H28N2O4S. The highest BCUT2D eigenvalue weighted by Gasteiger charge is 2.35. The average molecular weight is 381 g/mol. The Balaban J connectivity index is 1.61. The van der Waals surface area contributed by atoms with Gasteiger partial charge in [0.2, 0.25) is 15.9 Å². The Morgan fingerprint density at radius 3 is 2.31 bits per heavy atom. The molecule has 2 aliphatic rings. The highest BCUT2D eigenvalue weighted by molar-refractivity contribution is 7.89. The third-order valence-corrected chi connectivity index (χ3v) is 7.25. The molecule has 7 heteroatoms. The van der Waals surface area contributed by atoms with Gasteiger partial charge in [0.25, 0.3) is 0 Å². The van der Waals surface area contributed by atoms with Crippen molar-refractivity contribution in [3.63, 3.8) is 0 Å². The number of carbonyl (C=O) groups excluding carboxylic acids is 1. The Morgan fingerprint density at radius 1 is 1.12 bits per heavy atom. The van der Waals surface area contributed by atoms with E-state index in [2.05, 4.69) is 5.32 Å². The van der Waals surface area contributed by atoms with E-state index in [0.717, 1.165) is 19.3 Å². The Labute approximate surface area is 156 Å². The van der Waals surface area contributed by atoms with Crippen LogP contribution in [0.3, 0.4) is 0 Å². The van der Waals surface area contributed by atoms with Crippen molar-refractivity contribution in [3.05, 3.63) is 24.3 Å². The fraction of sp³-hybridized carbons (Fsp3) is 0.632. The number of piperidine rings is 1. The minimum Gasteiger partial charge on any atom is -0.371 e. The largest absolute Gasteiger partial charge is 0.371 e. The zero-order valence-corrected chi connectivity index (χ0v) is 16.3. The van der Waals surface area contributed by atoms with Gasteiger partial charge in [0, 0.05) is 17.8 Å². The van der Waals surface area contributed by atoms with Crippen molar-refractivity contribution >= 4 is 21.6 Å². The number of hydrogen-bond acceptors (Lipinski definition) is 4. The van der Waals surface area contributed by atoms with Crippen molar-refractivity contribution in [2.75, 3.05) is 18.5 Å². The molecule has 0 bridgehead atoms. The monoisotopic (exact) mass is 380 g/mol. The number of nitrogens with zero attached hydrogens (tertiary/aromatic N) is 1. The minimum atomic E-state index is -3.53. The Morgan fingerprint density at radius 2 is 1.73 bits per heavy atom. The molecule has 3 rings (SSSR count). The molecule has 1 saturated heterocycles. The molecule has 1 aromatic carbocycles. The van der Waals surface area contributed by atoms with Gasteiger partial charge in [-0.15, -0.1) is 0 Å². The smallest absolute Gasteiger partial charge is 0.250 e. The van der Waals surface area contributed by atoms with Gasteiger partial charge in [-0.1, -0.05) is 6.42 Å². The van der Waals surface area contributed by atoms with Crippen molar-refractivity contribution in [1.29, 1.82) is 0 Å². The first-order chi connectivity index (χ1) is 12.4. The van der Waals surface area contributed by atoms with E-state index in [1.807, 2.05) is 13.8 Å². The van der Waals surface area contributed by atoms with E-state index in [1.165, 1.54) is 12.8 Å². The number of rotatable bonds is 7. The lowest BCUT2D eigenvalue weighted by Crippen LogP contribution is -2.47. The van der Waals surface area contributed by atoms with Crippen LogP contribution in [0.2, 0.25) is 0 Å². The minimum absolute atomic E-state index is 0.00625. The molecule has 2 atom stereocenters. The number of carbonyl (C=O) groups is 1. The maximum absolute atomic E-state index is 13.0. The highest BCUT2D eigenvalue weighted by atomic mass is 32.2. The summed E-state index contributed by atoms with van der Waals surface area (Å²) in [5.41, 5.74) is 0.573. The van der Waals surface area contributed by atoms with Crippen LogP contribution >= 0.6 is 0 Å². The Hall–Kier alpha value is -1.44. The van der Waals surface area contributed by atoms with Gasteiger partial charge in [-0.05, 0) is 69.7 Å². The first-order valence-corrected chi connectivity index (χ1v) is 10.8. The van der Waals surface area contributed by atoms with Crippen LogP contribution < -0.4 is 5.32 Å². The van der Waals surface area contributed by atoms with Crippen LogP contribution in [0.1, 0.15) is 46.0 Å².